The predicted octanol–water partition coefficient (Wildman–Crippen LogP) is 3.68. The fourth-order valence-corrected chi connectivity index (χ4v) is 0.952. The van der Waals surface area contributed by atoms with Crippen molar-refractivity contribution in [3.05, 3.63) is 41.6 Å². The van der Waals surface area contributed by atoms with Gasteiger partial charge in [0.05, 0.1) is 0 Å². The predicted molar refractivity (Wildman–Crippen MR) is 54.5 cm³/mol. The molecule has 0 heterocycles. The van der Waals surface area contributed by atoms with Crippen molar-refractivity contribution in [1.29, 1.82) is 0 Å². The van der Waals surface area contributed by atoms with Crippen LogP contribution in [-0.4, -0.2) is 0 Å². The summed E-state index contributed by atoms with van der Waals surface area (Å²) in [4.78, 5) is 0. The molecule has 0 aliphatic heterocycles. The summed E-state index contributed by atoms with van der Waals surface area (Å²) in [5.74, 6) is 0. The van der Waals surface area contributed by atoms with Gasteiger partial charge < -0.3 is 5.32 Å². The molecule has 0 amide bonds. The van der Waals surface area contributed by atoms with E-state index in [-0.39, 0.29) is 0 Å². The molecule has 0 unspecified atom stereocenters. The van der Waals surface area contributed by atoms with E-state index in [0.717, 1.165) is 22.8 Å². The lowest BCUT2D eigenvalue weighted by molar-refractivity contribution is 1.11. The van der Waals surface area contributed by atoms with Crippen LogP contribution in [0.25, 0.3) is 0 Å². The quantitative estimate of drug-likeness (QED) is 0.750. The minimum atomic E-state index is 0.752. The van der Waals surface area contributed by atoms with Gasteiger partial charge in [0.25, 0.3) is 0 Å². The molecule has 0 fully saturated rings. The highest BCUT2D eigenvalue weighted by atomic mass is 35.5. The third-order valence-electron chi connectivity index (χ3n) is 1.59. The number of nitrogens with one attached hydrogen (secondary N) is 1. The number of benzene rings is 1. The molecule has 0 aliphatic rings. The lowest BCUT2D eigenvalue weighted by Gasteiger charge is -2.06. The highest BCUT2D eigenvalue weighted by Crippen LogP contribution is 2.15. The van der Waals surface area contributed by atoms with Gasteiger partial charge in [-0.05, 0) is 30.7 Å². The van der Waals surface area contributed by atoms with Crippen molar-refractivity contribution in [3.63, 3.8) is 0 Å². The van der Waals surface area contributed by atoms with Crippen molar-refractivity contribution in [2.45, 2.75) is 13.3 Å². The van der Waals surface area contributed by atoms with Gasteiger partial charge in [0, 0.05) is 16.4 Å². The number of anilines is 1. The Morgan fingerprint density at radius 2 is 2.00 bits per heavy atom. The van der Waals surface area contributed by atoms with Crippen LogP contribution in [-0.2, 0) is 0 Å². The first-order valence-electron chi connectivity index (χ1n) is 3.92. The van der Waals surface area contributed by atoms with E-state index in [1.54, 1.807) is 0 Å². The zero-order valence-electron chi connectivity index (χ0n) is 7.10. The third-order valence-corrected chi connectivity index (χ3v) is 1.84. The van der Waals surface area contributed by atoms with Crippen LogP contribution >= 0.6 is 11.6 Å². The first-order chi connectivity index (χ1) is 5.72. The molecule has 1 nitrogen and oxygen atoms in total. The Labute approximate surface area is 78.1 Å². The maximum Gasteiger partial charge on any atom is 0.0407 e. The second-order valence-corrected chi connectivity index (χ2v) is 3.03. The molecule has 0 bridgehead atoms. The Morgan fingerprint density at radius 3 is 2.50 bits per heavy atom. The van der Waals surface area contributed by atoms with Crippen LogP contribution in [0.4, 0.5) is 5.69 Å². The molecule has 1 aromatic rings. The molecular formula is C10H12ClN. The van der Waals surface area contributed by atoms with E-state index < -0.39 is 0 Å². The Balaban J connectivity index is 2.64. The van der Waals surface area contributed by atoms with Gasteiger partial charge in [-0.3, -0.25) is 0 Å². The molecular weight excluding hydrogens is 170 g/mol. The monoisotopic (exact) mass is 181 g/mol. The second kappa shape index (κ2) is 4.17. The van der Waals surface area contributed by atoms with E-state index in [4.69, 9.17) is 11.6 Å². The fourth-order valence-electron chi connectivity index (χ4n) is 0.826. The van der Waals surface area contributed by atoms with Crippen LogP contribution in [0.5, 0.6) is 0 Å². The van der Waals surface area contributed by atoms with Crippen LogP contribution in [0.15, 0.2) is 36.5 Å². The SMILES string of the molecule is C=C(CC)Nc1ccc(Cl)cc1. The number of halogens is 1. The summed E-state index contributed by atoms with van der Waals surface area (Å²) >= 11 is 5.73. The van der Waals surface area contributed by atoms with E-state index in [1.807, 2.05) is 24.3 Å². The van der Waals surface area contributed by atoms with Gasteiger partial charge in [-0.2, -0.15) is 0 Å². The molecule has 0 spiro atoms. The smallest absolute Gasteiger partial charge is 0.0407 e. The lowest BCUT2D eigenvalue weighted by atomic mass is 10.3. The summed E-state index contributed by atoms with van der Waals surface area (Å²) in [6, 6.07) is 7.58. The Kier molecular flexibility index (Phi) is 3.18. The number of hydrogen-bond acceptors (Lipinski definition) is 1. The van der Waals surface area contributed by atoms with Crippen molar-refractivity contribution in [2.75, 3.05) is 5.32 Å². The maximum atomic E-state index is 5.73. The highest BCUT2D eigenvalue weighted by molar-refractivity contribution is 6.30. The molecule has 2 heteroatoms. The Bertz CT molecular complexity index is 264. The second-order valence-electron chi connectivity index (χ2n) is 2.59. The molecule has 0 saturated heterocycles. The lowest BCUT2D eigenvalue weighted by Crippen LogP contribution is -1.95. The fraction of sp³-hybridized carbons (Fsp3) is 0.200. The molecule has 0 aromatic heterocycles. The summed E-state index contributed by atoms with van der Waals surface area (Å²) in [6.45, 7) is 5.91. The first-order valence-corrected chi connectivity index (χ1v) is 4.30. The van der Waals surface area contributed by atoms with Gasteiger partial charge in [-0.15, -0.1) is 0 Å². The topological polar surface area (TPSA) is 12.0 Å². The molecule has 12 heavy (non-hydrogen) atoms. The van der Waals surface area contributed by atoms with E-state index >= 15 is 0 Å². The minimum absolute atomic E-state index is 0.752. The largest absolute Gasteiger partial charge is 0.359 e. The van der Waals surface area contributed by atoms with Gasteiger partial charge >= 0.3 is 0 Å². The van der Waals surface area contributed by atoms with Gasteiger partial charge in [-0.25, -0.2) is 0 Å². The molecule has 0 atom stereocenters. The van der Waals surface area contributed by atoms with E-state index in [2.05, 4.69) is 18.8 Å². The molecule has 1 rings (SSSR count). The number of rotatable bonds is 3. The summed E-state index contributed by atoms with van der Waals surface area (Å²) < 4.78 is 0. The van der Waals surface area contributed by atoms with E-state index in [1.165, 1.54) is 0 Å². The molecule has 0 aliphatic carbocycles. The van der Waals surface area contributed by atoms with Crippen LogP contribution in [0.2, 0.25) is 5.02 Å². The number of hydrogen-bond donors (Lipinski definition) is 1. The number of allylic oxidation sites excluding steroid dienone is 1. The highest BCUT2D eigenvalue weighted by Gasteiger charge is 1.92. The van der Waals surface area contributed by atoms with E-state index in [9.17, 15) is 0 Å². The standard InChI is InChI=1S/C10H12ClN/c1-3-8(2)12-10-6-4-9(11)5-7-10/h4-7,12H,2-3H2,1H3. The normalized spacial score (nSPS) is 9.50. The third kappa shape index (κ3) is 2.59. The Morgan fingerprint density at radius 1 is 1.42 bits per heavy atom. The van der Waals surface area contributed by atoms with Crippen LogP contribution < -0.4 is 5.32 Å². The first kappa shape index (κ1) is 9.14. The van der Waals surface area contributed by atoms with Crippen molar-refractivity contribution >= 4 is 17.3 Å². The molecule has 0 saturated carbocycles. The zero-order valence-corrected chi connectivity index (χ0v) is 7.86. The summed E-state index contributed by atoms with van der Waals surface area (Å²) in [5, 5.41) is 3.92. The molecule has 1 aromatic carbocycles. The summed E-state index contributed by atoms with van der Waals surface area (Å²) in [7, 11) is 0. The average molecular weight is 182 g/mol. The van der Waals surface area contributed by atoms with Gasteiger partial charge in [-0.1, -0.05) is 25.1 Å². The van der Waals surface area contributed by atoms with Crippen molar-refractivity contribution in [1.82, 2.24) is 0 Å². The minimum Gasteiger partial charge on any atom is -0.359 e. The van der Waals surface area contributed by atoms with E-state index in [0.29, 0.717) is 0 Å². The van der Waals surface area contributed by atoms with Gasteiger partial charge in [0.2, 0.25) is 0 Å². The van der Waals surface area contributed by atoms with Gasteiger partial charge in [0.15, 0.2) is 0 Å². The average Bonchev–Trinajstić information content (AvgIpc) is 2.09. The summed E-state index contributed by atoms with van der Waals surface area (Å²) in [6.07, 6.45) is 0.933. The van der Waals surface area contributed by atoms with Crippen molar-refractivity contribution in [3.8, 4) is 0 Å². The molecule has 0 radical (unpaired) electrons. The van der Waals surface area contributed by atoms with Crippen molar-refractivity contribution < 1.29 is 0 Å². The molecule has 64 valence electrons. The van der Waals surface area contributed by atoms with Gasteiger partial charge in [0.1, 0.15) is 0 Å². The maximum absolute atomic E-state index is 5.73. The van der Waals surface area contributed by atoms with Crippen LogP contribution in [0.1, 0.15) is 13.3 Å². The van der Waals surface area contributed by atoms with Crippen LogP contribution in [0, 0.1) is 0 Å². The molecule has 1 N–H and O–H groups in total. The summed E-state index contributed by atoms with van der Waals surface area (Å²) in [5.41, 5.74) is 2.04. The zero-order chi connectivity index (χ0) is 8.97. The van der Waals surface area contributed by atoms with Crippen LogP contribution in [0.3, 0.4) is 0 Å². The van der Waals surface area contributed by atoms with Crippen molar-refractivity contribution in [2.24, 2.45) is 0 Å². The Hall–Kier alpha value is -0.950.